The highest BCUT2D eigenvalue weighted by atomic mass is 35.5. The SMILES string of the molecule is COCCOc1ccc(CNC(=O)OS(=O)(=O)NCc2ccccc2)c(Oc2ncc(C(F)(F)F)cc2Cl)c1. The predicted octanol–water partition coefficient (Wildman–Crippen LogP) is 4.83. The number of pyridine rings is 1. The Bertz CT molecular complexity index is 1380. The summed E-state index contributed by atoms with van der Waals surface area (Å²) in [5.41, 5.74) is -0.142. The zero-order valence-electron chi connectivity index (χ0n) is 20.3. The Balaban J connectivity index is 1.71. The lowest BCUT2D eigenvalue weighted by Gasteiger charge is -2.15. The first-order valence-corrected chi connectivity index (χ1v) is 12.9. The largest absolute Gasteiger partial charge is 0.491 e. The molecule has 10 nitrogen and oxygen atoms in total. The van der Waals surface area contributed by atoms with E-state index in [4.69, 9.17) is 25.8 Å². The van der Waals surface area contributed by atoms with E-state index < -0.39 is 33.2 Å². The third-order valence-corrected chi connectivity index (χ3v) is 5.98. The van der Waals surface area contributed by atoms with Crippen LogP contribution in [0.3, 0.4) is 0 Å². The maximum Gasteiger partial charge on any atom is 0.423 e. The van der Waals surface area contributed by atoms with E-state index in [0.717, 1.165) is 0 Å². The summed E-state index contributed by atoms with van der Waals surface area (Å²) in [5.74, 6) is -0.0104. The van der Waals surface area contributed by atoms with Crippen LogP contribution in [0.4, 0.5) is 18.0 Å². The van der Waals surface area contributed by atoms with E-state index in [1.165, 1.54) is 25.3 Å². The maximum atomic E-state index is 13.0. The number of alkyl halides is 3. The molecule has 0 fully saturated rings. The molecule has 2 aromatic carbocycles. The van der Waals surface area contributed by atoms with Gasteiger partial charge in [0.05, 0.1) is 12.2 Å². The fourth-order valence-corrected chi connectivity index (χ4v) is 3.83. The summed E-state index contributed by atoms with van der Waals surface area (Å²) in [6.45, 7) is 0.0796. The van der Waals surface area contributed by atoms with E-state index in [-0.39, 0.29) is 43.5 Å². The highest BCUT2D eigenvalue weighted by Gasteiger charge is 2.32. The number of aromatic nitrogens is 1. The van der Waals surface area contributed by atoms with Crippen molar-refractivity contribution in [2.75, 3.05) is 20.3 Å². The number of carbonyl (C=O) groups excluding carboxylic acids is 1. The number of nitrogens with one attached hydrogen (secondary N) is 2. The van der Waals surface area contributed by atoms with Gasteiger partial charge in [0.1, 0.15) is 23.1 Å². The zero-order chi connectivity index (χ0) is 28.5. The molecule has 210 valence electrons. The summed E-state index contributed by atoms with van der Waals surface area (Å²) in [6, 6.07) is 13.6. The molecule has 1 aromatic heterocycles. The van der Waals surface area contributed by atoms with Crippen molar-refractivity contribution in [1.82, 2.24) is 15.0 Å². The van der Waals surface area contributed by atoms with E-state index in [2.05, 4.69) is 19.2 Å². The molecule has 1 heterocycles. The van der Waals surface area contributed by atoms with Gasteiger partial charge in [0, 0.05) is 38.0 Å². The Morgan fingerprint density at radius 2 is 1.79 bits per heavy atom. The van der Waals surface area contributed by atoms with Crippen molar-refractivity contribution in [3.63, 3.8) is 0 Å². The Morgan fingerprint density at radius 1 is 1.05 bits per heavy atom. The Morgan fingerprint density at radius 3 is 2.46 bits per heavy atom. The maximum absolute atomic E-state index is 13.0. The molecule has 3 rings (SSSR count). The van der Waals surface area contributed by atoms with Crippen LogP contribution in [-0.4, -0.2) is 39.8 Å². The average Bonchev–Trinajstić information content (AvgIpc) is 2.88. The number of carbonyl (C=O) groups is 1. The molecule has 0 aliphatic heterocycles. The average molecular weight is 590 g/mol. The smallest absolute Gasteiger partial charge is 0.423 e. The minimum absolute atomic E-state index is 0.0180. The molecule has 0 radical (unpaired) electrons. The second kappa shape index (κ2) is 13.5. The van der Waals surface area contributed by atoms with Crippen LogP contribution in [0.2, 0.25) is 5.02 Å². The first kappa shape index (κ1) is 30.0. The number of ether oxygens (including phenoxy) is 3. The number of nitrogens with zero attached hydrogens (tertiary/aromatic N) is 1. The summed E-state index contributed by atoms with van der Waals surface area (Å²) in [7, 11) is -2.94. The van der Waals surface area contributed by atoms with Crippen LogP contribution in [0.15, 0.2) is 60.8 Å². The molecular formula is C24H23ClF3N3O7S. The van der Waals surface area contributed by atoms with Gasteiger partial charge in [0.25, 0.3) is 0 Å². The third kappa shape index (κ3) is 9.58. The number of methoxy groups -OCH3 is 1. The van der Waals surface area contributed by atoms with Gasteiger partial charge in [0.2, 0.25) is 5.88 Å². The minimum atomic E-state index is -4.66. The summed E-state index contributed by atoms with van der Waals surface area (Å²) in [5, 5.41) is 1.86. The van der Waals surface area contributed by atoms with Crippen molar-refractivity contribution in [3.8, 4) is 17.4 Å². The Kier molecular flexibility index (Phi) is 10.3. The molecule has 0 unspecified atom stereocenters. The molecule has 0 saturated carbocycles. The van der Waals surface area contributed by atoms with Crippen molar-refractivity contribution in [2.45, 2.75) is 19.3 Å². The van der Waals surface area contributed by atoms with Crippen molar-refractivity contribution >= 4 is 28.0 Å². The zero-order valence-corrected chi connectivity index (χ0v) is 21.9. The number of hydrogen-bond donors (Lipinski definition) is 2. The van der Waals surface area contributed by atoms with E-state index >= 15 is 0 Å². The topological polar surface area (TPSA) is 125 Å². The van der Waals surface area contributed by atoms with E-state index in [1.807, 2.05) is 0 Å². The van der Waals surface area contributed by atoms with Crippen LogP contribution in [-0.2, 0) is 38.5 Å². The Hall–Kier alpha value is -3.59. The predicted molar refractivity (Wildman–Crippen MR) is 134 cm³/mol. The molecule has 15 heteroatoms. The number of hydrogen-bond acceptors (Lipinski definition) is 8. The lowest BCUT2D eigenvalue weighted by molar-refractivity contribution is -0.137. The molecule has 0 spiro atoms. The quantitative estimate of drug-likeness (QED) is 0.288. The molecule has 3 aromatic rings. The summed E-state index contributed by atoms with van der Waals surface area (Å²) < 4.78 is 85.7. The molecule has 0 aliphatic rings. The van der Waals surface area contributed by atoms with Gasteiger partial charge in [-0.15, -0.1) is 0 Å². The van der Waals surface area contributed by atoms with Gasteiger partial charge < -0.3 is 23.7 Å². The van der Waals surface area contributed by atoms with Crippen molar-refractivity contribution < 1.29 is 44.8 Å². The molecule has 0 saturated heterocycles. The normalized spacial score (nSPS) is 11.6. The summed E-state index contributed by atoms with van der Waals surface area (Å²) >= 11 is 5.96. The van der Waals surface area contributed by atoms with Crippen molar-refractivity contribution in [2.24, 2.45) is 0 Å². The van der Waals surface area contributed by atoms with Gasteiger partial charge in [-0.2, -0.15) is 26.3 Å². The lowest BCUT2D eigenvalue weighted by atomic mass is 10.2. The number of amides is 1. The van der Waals surface area contributed by atoms with Crippen LogP contribution < -0.4 is 19.5 Å². The fraction of sp³-hybridized carbons (Fsp3) is 0.250. The molecule has 0 bridgehead atoms. The Labute approximate surface area is 227 Å². The number of benzene rings is 2. The van der Waals surface area contributed by atoms with Gasteiger partial charge in [-0.1, -0.05) is 41.9 Å². The number of halogens is 4. The van der Waals surface area contributed by atoms with Gasteiger partial charge >= 0.3 is 22.6 Å². The lowest BCUT2D eigenvalue weighted by Crippen LogP contribution is -2.33. The van der Waals surface area contributed by atoms with Gasteiger partial charge in [0.15, 0.2) is 0 Å². The molecule has 0 aliphatic carbocycles. The minimum Gasteiger partial charge on any atom is -0.491 e. The molecule has 39 heavy (non-hydrogen) atoms. The van der Waals surface area contributed by atoms with Crippen LogP contribution in [0.25, 0.3) is 0 Å². The molecule has 0 atom stereocenters. The summed E-state index contributed by atoms with van der Waals surface area (Å²) in [4.78, 5) is 15.8. The first-order valence-electron chi connectivity index (χ1n) is 11.1. The van der Waals surface area contributed by atoms with Gasteiger partial charge in [-0.3, -0.25) is 0 Å². The standard InChI is InChI=1S/C24H23ClF3N3O7S/c1-35-9-10-36-19-8-7-17(21(12-19)37-22-20(25)11-18(15-29-22)24(26,27)28)14-30-23(32)38-39(33,34)31-13-16-5-3-2-4-6-16/h2-8,11-12,15,31H,9-10,13-14H2,1H3,(H,30,32). The van der Waals surface area contributed by atoms with Gasteiger partial charge in [-0.05, 0) is 23.8 Å². The van der Waals surface area contributed by atoms with Crippen LogP contribution >= 0.6 is 11.6 Å². The van der Waals surface area contributed by atoms with Crippen molar-refractivity contribution in [1.29, 1.82) is 0 Å². The van der Waals surface area contributed by atoms with Crippen LogP contribution in [0.5, 0.6) is 17.4 Å². The summed E-state index contributed by atoms with van der Waals surface area (Å²) in [6.07, 6.45) is -5.38. The fourth-order valence-electron chi connectivity index (χ4n) is 2.96. The second-order valence-electron chi connectivity index (χ2n) is 7.71. The van der Waals surface area contributed by atoms with Crippen LogP contribution in [0.1, 0.15) is 16.7 Å². The molecule has 2 N–H and O–H groups in total. The number of rotatable bonds is 12. The second-order valence-corrected chi connectivity index (χ2v) is 9.48. The van der Waals surface area contributed by atoms with E-state index in [1.54, 1.807) is 30.3 Å². The van der Waals surface area contributed by atoms with E-state index in [0.29, 0.717) is 23.6 Å². The highest BCUT2D eigenvalue weighted by Crippen LogP contribution is 2.36. The highest BCUT2D eigenvalue weighted by molar-refractivity contribution is 7.85. The third-order valence-electron chi connectivity index (χ3n) is 4.84. The van der Waals surface area contributed by atoms with Gasteiger partial charge in [-0.25, -0.2) is 9.78 Å². The molecule has 1 amide bonds. The van der Waals surface area contributed by atoms with Crippen LogP contribution in [0, 0.1) is 0 Å². The molecular weight excluding hydrogens is 567 g/mol. The first-order chi connectivity index (χ1) is 18.5. The van der Waals surface area contributed by atoms with E-state index in [9.17, 15) is 26.4 Å². The monoisotopic (exact) mass is 589 g/mol. The van der Waals surface area contributed by atoms with Crippen molar-refractivity contribution in [3.05, 3.63) is 82.5 Å².